The molecule has 2 aromatic rings. The first-order chi connectivity index (χ1) is 10.7. The summed E-state index contributed by atoms with van der Waals surface area (Å²) in [5.41, 5.74) is 2.93. The zero-order valence-corrected chi connectivity index (χ0v) is 12.9. The van der Waals surface area contributed by atoms with Gasteiger partial charge in [-0.05, 0) is 49.6 Å². The number of pyridine rings is 1. The summed E-state index contributed by atoms with van der Waals surface area (Å²) in [5, 5.41) is 2.97. The molecular weight excluding hydrogens is 274 g/mol. The highest BCUT2D eigenvalue weighted by Crippen LogP contribution is 2.18. The quantitative estimate of drug-likeness (QED) is 0.943. The highest BCUT2D eigenvalue weighted by Gasteiger charge is 2.13. The van der Waals surface area contributed by atoms with E-state index in [0.29, 0.717) is 12.1 Å². The van der Waals surface area contributed by atoms with Crippen molar-refractivity contribution in [1.82, 2.24) is 10.3 Å². The molecule has 2 heterocycles. The van der Waals surface area contributed by atoms with Crippen molar-refractivity contribution in [3.8, 4) is 0 Å². The van der Waals surface area contributed by atoms with Crippen LogP contribution in [0.2, 0.25) is 0 Å². The summed E-state index contributed by atoms with van der Waals surface area (Å²) in [6.07, 6.45) is 4.28. The molecule has 4 nitrogen and oxygen atoms in total. The number of rotatable bonds is 4. The minimum absolute atomic E-state index is 0.0421. The molecule has 0 spiro atoms. The van der Waals surface area contributed by atoms with Crippen LogP contribution in [-0.4, -0.2) is 24.0 Å². The van der Waals surface area contributed by atoms with Crippen LogP contribution in [-0.2, 0) is 6.54 Å². The van der Waals surface area contributed by atoms with Crippen LogP contribution in [0.3, 0.4) is 0 Å². The van der Waals surface area contributed by atoms with Crippen molar-refractivity contribution < 1.29 is 4.79 Å². The molecule has 0 unspecified atom stereocenters. The maximum atomic E-state index is 12.1. The molecule has 1 fully saturated rings. The van der Waals surface area contributed by atoms with Gasteiger partial charge >= 0.3 is 0 Å². The van der Waals surface area contributed by atoms with Gasteiger partial charge in [-0.1, -0.05) is 17.7 Å². The molecule has 1 N–H and O–H groups in total. The van der Waals surface area contributed by atoms with E-state index in [0.717, 1.165) is 30.0 Å². The standard InChI is InChI=1S/C18H21N3O/c1-14-4-6-16(7-5-14)18(22)20-13-15-8-9-19-17(12-15)21-10-2-3-11-21/h4-9,12H,2-3,10-11,13H2,1H3,(H,20,22). The van der Waals surface area contributed by atoms with Crippen LogP contribution in [0.5, 0.6) is 0 Å². The van der Waals surface area contributed by atoms with Gasteiger partial charge in [0.25, 0.3) is 5.91 Å². The van der Waals surface area contributed by atoms with E-state index in [9.17, 15) is 4.79 Å². The average Bonchev–Trinajstić information content (AvgIpc) is 3.08. The molecule has 0 radical (unpaired) electrons. The van der Waals surface area contributed by atoms with E-state index in [4.69, 9.17) is 0 Å². The Morgan fingerprint density at radius 3 is 2.64 bits per heavy atom. The Morgan fingerprint density at radius 2 is 1.91 bits per heavy atom. The van der Waals surface area contributed by atoms with Gasteiger partial charge in [0, 0.05) is 31.4 Å². The van der Waals surface area contributed by atoms with Gasteiger partial charge in [0.05, 0.1) is 0 Å². The molecule has 0 saturated carbocycles. The third kappa shape index (κ3) is 3.45. The number of carbonyl (C=O) groups is 1. The van der Waals surface area contributed by atoms with Gasteiger partial charge in [0.1, 0.15) is 5.82 Å². The lowest BCUT2D eigenvalue weighted by molar-refractivity contribution is 0.0951. The monoisotopic (exact) mass is 295 g/mol. The van der Waals surface area contributed by atoms with Crippen molar-refractivity contribution in [2.45, 2.75) is 26.3 Å². The summed E-state index contributed by atoms with van der Waals surface area (Å²) in [5.74, 6) is 0.971. The van der Waals surface area contributed by atoms with Gasteiger partial charge in [0.2, 0.25) is 0 Å². The Bertz CT molecular complexity index is 646. The van der Waals surface area contributed by atoms with Crippen molar-refractivity contribution in [2.24, 2.45) is 0 Å². The molecule has 1 aromatic heterocycles. The van der Waals surface area contributed by atoms with Gasteiger partial charge in [0.15, 0.2) is 0 Å². The molecule has 1 aromatic carbocycles. The van der Waals surface area contributed by atoms with Gasteiger partial charge in [-0.25, -0.2) is 4.98 Å². The lowest BCUT2D eigenvalue weighted by Crippen LogP contribution is -2.23. The van der Waals surface area contributed by atoms with Crippen LogP contribution in [0, 0.1) is 6.92 Å². The second-order valence-corrected chi connectivity index (χ2v) is 5.77. The molecule has 3 rings (SSSR count). The highest BCUT2D eigenvalue weighted by molar-refractivity contribution is 5.94. The number of nitrogens with one attached hydrogen (secondary N) is 1. The minimum atomic E-state index is -0.0421. The zero-order chi connectivity index (χ0) is 15.4. The molecule has 1 amide bonds. The number of nitrogens with zero attached hydrogens (tertiary/aromatic N) is 2. The van der Waals surface area contributed by atoms with Crippen molar-refractivity contribution in [3.05, 3.63) is 59.3 Å². The second-order valence-electron chi connectivity index (χ2n) is 5.77. The van der Waals surface area contributed by atoms with Gasteiger partial charge in [-0.3, -0.25) is 4.79 Å². The summed E-state index contributed by atoms with van der Waals surface area (Å²) in [6.45, 7) is 4.69. The van der Waals surface area contributed by atoms with E-state index in [-0.39, 0.29) is 5.91 Å². The van der Waals surface area contributed by atoms with Crippen molar-refractivity contribution in [3.63, 3.8) is 0 Å². The van der Waals surface area contributed by atoms with Gasteiger partial charge in [-0.15, -0.1) is 0 Å². The Morgan fingerprint density at radius 1 is 1.18 bits per heavy atom. The molecule has 0 aliphatic carbocycles. The fourth-order valence-electron chi connectivity index (χ4n) is 2.68. The first kappa shape index (κ1) is 14.6. The van der Waals surface area contributed by atoms with Crippen LogP contribution in [0.1, 0.15) is 34.3 Å². The highest BCUT2D eigenvalue weighted by atomic mass is 16.1. The van der Waals surface area contributed by atoms with Crippen LogP contribution >= 0.6 is 0 Å². The molecule has 1 aliphatic heterocycles. The molecular formula is C18H21N3O. The third-order valence-corrected chi connectivity index (χ3v) is 4.01. The summed E-state index contributed by atoms with van der Waals surface area (Å²) >= 11 is 0. The fraction of sp³-hybridized carbons (Fsp3) is 0.333. The summed E-state index contributed by atoms with van der Waals surface area (Å²) in [6, 6.07) is 11.6. The number of aryl methyl sites for hydroxylation is 1. The topological polar surface area (TPSA) is 45.2 Å². The molecule has 1 saturated heterocycles. The maximum Gasteiger partial charge on any atom is 0.251 e. The number of hydrogen-bond donors (Lipinski definition) is 1. The normalized spacial score (nSPS) is 14.1. The van der Waals surface area contributed by atoms with Crippen LogP contribution in [0.25, 0.3) is 0 Å². The smallest absolute Gasteiger partial charge is 0.251 e. The van der Waals surface area contributed by atoms with E-state index in [2.05, 4.69) is 21.3 Å². The Kier molecular flexibility index (Phi) is 4.37. The Hall–Kier alpha value is -2.36. The molecule has 1 aliphatic rings. The molecule has 114 valence electrons. The summed E-state index contributed by atoms with van der Waals surface area (Å²) in [4.78, 5) is 18.9. The average molecular weight is 295 g/mol. The lowest BCUT2D eigenvalue weighted by atomic mass is 10.1. The third-order valence-electron chi connectivity index (χ3n) is 4.01. The zero-order valence-electron chi connectivity index (χ0n) is 12.9. The number of anilines is 1. The lowest BCUT2D eigenvalue weighted by Gasteiger charge is -2.17. The first-order valence-corrected chi connectivity index (χ1v) is 7.77. The number of hydrogen-bond acceptors (Lipinski definition) is 3. The van der Waals surface area contributed by atoms with E-state index in [1.807, 2.05) is 43.5 Å². The number of amides is 1. The van der Waals surface area contributed by atoms with Crippen LogP contribution < -0.4 is 10.2 Å². The van der Waals surface area contributed by atoms with E-state index in [1.165, 1.54) is 12.8 Å². The van der Waals surface area contributed by atoms with Crippen LogP contribution in [0.4, 0.5) is 5.82 Å². The number of aromatic nitrogens is 1. The summed E-state index contributed by atoms with van der Waals surface area (Å²) in [7, 11) is 0. The summed E-state index contributed by atoms with van der Waals surface area (Å²) < 4.78 is 0. The van der Waals surface area contributed by atoms with Crippen molar-refractivity contribution in [2.75, 3.05) is 18.0 Å². The Balaban J connectivity index is 1.62. The molecule has 4 heteroatoms. The molecule has 0 bridgehead atoms. The van der Waals surface area contributed by atoms with Crippen molar-refractivity contribution >= 4 is 11.7 Å². The predicted octanol–water partition coefficient (Wildman–Crippen LogP) is 2.92. The van der Waals surface area contributed by atoms with Gasteiger partial charge < -0.3 is 10.2 Å². The maximum absolute atomic E-state index is 12.1. The second kappa shape index (κ2) is 6.60. The SMILES string of the molecule is Cc1ccc(C(=O)NCc2ccnc(N3CCCC3)c2)cc1. The van der Waals surface area contributed by atoms with E-state index >= 15 is 0 Å². The minimum Gasteiger partial charge on any atom is -0.357 e. The first-order valence-electron chi connectivity index (χ1n) is 7.77. The largest absolute Gasteiger partial charge is 0.357 e. The molecule has 0 atom stereocenters. The van der Waals surface area contributed by atoms with E-state index < -0.39 is 0 Å². The van der Waals surface area contributed by atoms with Gasteiger partial charge in [-0.2, -0.15) is 0 Å². The Labute approximate surface area is 131 Å². The number of carbonyl (C=O) groups excluding carboxylic acids is 1. The molecule has 22 heavy (non-hydrogen) atoms. The van der Waals surface area contributed by atoms with E-state index in [1.54, 1.807) is 0 Å². The van der Waals surface area contributed by atoms with Crippen LogP contribution in [0.15, 0.2) is 42.6 Å². The van der Waals surface area contributed by atoms with Crippen molar-refractivity contribution in [1.29, 1.82) is 0 Å². The predicted molar refractivity (Wildman–Crippen MR) is 88.0 cm³/mol. The number of benzene rings is 1. The fourth-order valence-corrected chi connectivity index (χ4v) is 2.68.